The normalized spacial score (nSPS) is 13.1. The van der Waals surface area contributed by atoms with E-state index in [2.05, 4.69) is 66.5 Å². The first-order chi connectivity index (χ1) is 10.0. The van der Waals surface area contributed by atoms with Crippen molar-refractivity contribution in [3.8, 4) is 0 Å². The van der Waals surface area contributed by atoms with Crippen LogP contribution in [0.4, 0.5) is 0 Å². The van der Waals surface area contributed by atoms with Crippen LogP contribution in [0.5, 0.6) is 0 Å². The van der Waals surface area contributed by atoms with Crippen LogP contribution in [0.1, 0.15) is 42.8 Å². The molecule has 0 aliphatic carbocycles. The molecule has 0 spiro atoms. The lowest BCUT2D eigenvalue weighted by molar-refractivity contribution is 0.230. The number of benzene rings is 1. The van der Waals surface area contributed by atoms with Crippen molar-refractivity contribution in [1.29, 1.82) is 0 Å². The molecule has 2 rings (SSSR count). The van der Waals surface area contributed by atoms with Crippen LogP contribution in [0, 0.1) is 6.92 Å². The van der Waals surface area contributed by atoms with Crippen LogP contribution in [-0.2, 0) is 6.54 Å². The molecule has 0 bridgehead atoms. The molecular weight excluding hydrogens is 260 g/mol. The minimum Gasteiger partial charge on any atom is -0.331 e. The monoisotopic (exact) mass is 286 g/mol. The average Bonchev–Trinajstić information content (AvgIpc) is 2.91. The van der Waals surface area contributed by atoms with E-state index in [9.17, 15) is 0 Å². The molecule has 1 aromatic heterocycles. The minimum atomic E-state index is 0.175. The molecule has 2 aromatic rings. The molecular formula is C17H26N4. The fourth-order valence-electron chi connectivity index (χ4n) is 2.70. The van der Waals surface area contributed by atoms with Crippen LogP contribution in [-0.4, -0.2) is 28.0 Å². The van der Waals surface area contributed by atoms with Gasteiger partial charge in [0.2, 0.25) is 0 Å². The van der Waals surface area contributed by atoms with Crippen LogP contribution in [0.25, 0.3) is 0 Å². The Balaban J connectivity index is 2.21. The zero-order valence-corrected chi connectivity index (χ0v) is 13.5. The van der Waals surface area contributed by atoms with Crippen molar-refractivity contribution in [2.45, 2.75) is 39.4 Å². The van der Waals surface area contributed by atoms with Crippen molar-refractivity contribution in [1.82, 2.24) is 14.5 Å². The Labute approximate surface area is 127 Å². The first-order valence-electron chi connectivity index (χ1n) is 7.51. The van der Waals surface area contributed by atoms with E-state index < -0.39 is 0 Å². The number of likely N-dealkylation sites (N-methyl/N-ethyl adjacent to an activating group) is 1. The summed E-state index contributed by atoms with van der Waals surface area (Å²) in [7, 11) is 2.13. The molecule has 0 amide bonds. The van der Waals surface area contributed by atoms with Gasteiger partial charge < -0.3 is 10.3 Å². The summed E-state index contributed by atoms with van der Waals surface area (Å²) < 4.78 is 2.20. The molecule has 0 aliphatic rings. The van der Waals surface area contributed by atoms with Crippen LogP contribution in [0.3, 0.4) is 0 Å². The second kappa shape index (κ2) is 6.87. The maximum atomic E-state index is 6.04. The van der Waals surface area contributed by atoms with Crippen molar-refractivity contribution in [3.63, 3.8) is 0 Å². The van der Waals surface area contributed by atoms with Gasteiger partial charge in [-0.2, -0.15) is 0 Å². The third-order valence-corrected chi connectivity index (χ3v) is 4.03. The number of nitrogens with zero attached hydrogens (tertiary/aromatic N) is 3. The molecule has 0 saturated heterocycles. The van der Waals surface area contributed by atoms with Crippen molar-refractivity contribution >= 4 is 0 Å². The maximum absolute atomic E-state index is 6.04. The van der Waals surface area contributed by atoms with E-state index in [0.717, 1.165) is 6.54 Å². The first-order valence-corrected chi connectivity index (χ1v) is 7.51. The number of imidazole rings is 1. The van der Waals surface area contributed by atoms with Crippen molar-refractivity contribution in [2.24, 2.45) is 5.73 Å². The summed E-state index contributed by atoms with van der Waals surface area (Å²) in [6.07, 6.45) is 3.83. The fraction of sp³-hybridized carbons (Fsp3) is 0.471. The smallest absolute Gasteiger partial charge is 0.0951 e. The third-order valence-electron chi connectivity index (χ3n) is 4.03. The lowest BCUT2D eigenvalue weighted by Crippen LogP contribution is -2.32. The van der Waals surface area contributed by atoms with E-state index in [0.29, 0.717) is 12.6 Å². The Bertz CT molecular complexity index is 574. The Kier molecular flexibility index (Phi) is 5.15. The Hall–Kier alpha value is -1.65. The van der Waals surface area contributed by atoms with E-state index in [1.165, 1.54) is 16.8 Å². The fourth-order valence-corrected chi connectivity index (χ4v) is 2.70. The maximum Gasteiger partial charge on any atom is 0.0951 e. The van der Waals surface area contributed by atoms with Gasteiger partial charge in [-0.1, -0.05) is 24.3 Å². The lowest BCUT2D eigenvalue weighted by Gasteiger charge is -2.29. The van der Waals surface area contributed by atoms with Crippen molar-refractivity contribution < 1.29 is 0 Å². The quantitative estimate of drug-likeness (QED) is 0.888. The molecule has 2 N–H and O–H groups in total. The van der Waals surface area contributed by atoms with Crippen LogP contribution < -0.4 is 5.73 Å². The van der Waals surface area contributed by atoms with Crippen LogP contribution in [0.15, 0.2) is 36.8 Å². The second-order valence-electron chi connectivity index (χ2n) is 5.91. The standard InChI is InChI=1S/C17H26N4/c1-13(2)21-12-19-10-17(21)16(9-18)20(4)11-15-8-6-5-7-14(15)3/h5-8,10,12-13,16H,9,11,18H2,1-4H3. The van der Waals surface area contributed by atoms with Gasteiger partial charge in [0.15, 0.2) is 0 Å². The molecule has 0 saturated carbocycles. The van der Waals surface area contributed by atoms with Crippen LogP contribution >= 0.6 is 0 Å². The molecule has 1 unspecified atom stereocenters. The highest BCUT2D eigenvalue weighted by Crippen LogP contribution is 2.23. The SMILES string of the molecule is Cc1ccccc1CN(C)C(CN)c1cncn1C(C)C. The molecule has 1 aromatic carbocycles. The summed E-state index contributed by atoms with van der Waals surface area (Å²) >= 11 is 0. The molecule has 0 fully saturated rings. The number of aromatic nitrogens is 2. The van der Waals surface area contributed by atoms with E-state index in [1.54, 1.807) is 0 Å². The summed E-state index contributed by atoms with van der Waals surface area (Å²) in [5, 5.41) is 0. The molecule has 114 valence electrons. The Morgan fingerprint density at radius 3 is 2.62 bits per heavy atom. The zero-order chi connectivity index (χ0) is 15.4. The molecule has 21 heavy (non-hydrogen) atoms. The van der Waals surface area contributed by atoms with Gasteiger partial charge in [-0.05, 0) is 38.9 Å². The van der Waals surface area contributed by atoms with Gasteiger partial charge in [-0.15, -0.1) is 0 Å². The van der Waals surface area contributed by atoms with Crippen molar-refractivity contribution in [2.75, 3.05) is 13.6 Å². The van der Waals surface area contributed by atoms with Gasteiger partial charge in [0.1, 0.15) is 0 Å². The van der Waals surface area contributed by atoms with Crippen molar-refractivity contribution in [3.05, 3.63) is 53.6 Å². The largest absolute Gasteiger partial charge is 0.331 e. The molecule has 1 heterocycles. The van der Waals surface area contributed by atoms with E-state index in [-0.39, 0.29) is 6.04 Å². The summed E-state index contributed by atoms with van der Waals surface area (Å²) in [5.41, 5.74) is 9.89. The highest BCUT2D eigenvalue weighted by molar-refractivity contribution is 5.25. The summed E-state index contributed by atoms with van der Waals surface area (Å²) in [4.78, 5) is 6.60. The predicted molar refractivity (Wildman–Crippen MR) is 87.1 cm³/mol. The summed E-state index contributed by atoms with van der Waals surface area (Å²) in [6.45, 7) is 7.96. The van der Waals surface area contributed by atoms with Crippen LogP contribution in [0.2, 0.25) is 0 Å². The van der Waals surface area contributed by atoms with Gasteiger partial charge in [0, 0.05) is 25.3 Å². The van der Waals surface area contributed by atoms with E-state index >= 15 is 0 Å². The topological polar surface area (TPSA) is 47.1 Å². The average molecular weight is 286 g/mol. The molecule has 0 radical (unpaired) electrons. The molecule has 1 atom stereocenters. The van der Waals surface area contributed by atoms with Gasteiger partial charge >= 0.3 is 0 Å². The summed E-state index contributed by atoms with van der Waals surface area (Å²) in [5.74, 6) is 0. The second-order valence-corrected chi connectivity index (χ2v) is 5.91. The third kappa shape index (κ3) is 3.52. The molecule has 4 heteroatoms. The van der Waals surface area contributed by atoms with E-state index in [4.69, 9.17) is 5.73 Å². The zero-order valence-electron chi connectivity index (χ0n) is 13.5. The number of hydrogen-bond acceptors (Lipinski definition) is 3. The number of aryl methyl sites for hydroxylation is 1. The Morgan fingerprint density at radius 1 is 1.29 bits per heavy atom. The highest BCUT2D eigenvalue weighted by atomic mass is 15.2. The van der Waals surface area contributed by atoms with E-state index in [1.807, 2.05) is 12.5 Å². The Morgan fingerprint density at radius 2 is 2.00 bits per heavy atom. The number of rotatable bonds is 6. The highest BCUT2D eigenvalue weighted by Gasteiger charge is 2.20. The minimum absolute atomic E-state index is 0.175. The first kappa shape index (κ1) is 15.7. The number of hydrogen-bond donors (Lipinski definition) is 1. The van der Waals surface area contributed by atoms with Gasteiger partial charge in [0.05, 0.1) is 18.1 Å². The molecule has 0 aliphatic heterocycles. The lowest BCUT2D eigenvalue weighted by atomic mass is 10.1. The van der Waals surface area contributed by atoms with Gasteiger partial charge in [0.25, 0.3) is 0 Å². The molecule has 4 nitrogen and oxygen atoms in total. The predicted octanol–water partition coefficient (Wildman–Crippen LogP) is 2.90. The van der Waals surface area contributed by atoms with Gasteiger partial charge in [-0.25, -0.2) is 4.98 Å². The number of nitrogens with two attached hydrogens (primary N) is 1. The van der Waals surface area contributed by atoms with Gasteiger partial charge in [-0.3, -0.25) is 4.90 Å². The summed E-state index contributed by atoms with van der Waals surface area (Å²) in [6, 6.07) is 9.06.